The number of hydrogen-bond acceptors (Lipinski definition) is 4. The average molecular weight is 356 g/mol. The quantitative estimate of drug-likeness (QED) is 0.817. The molecular formula is C12H15Cl2NO5S. The van der Waals surface area contributed by atoms with E-state index in [0.717, 1.165) is 6.07 Å². The third kappa shape index (κ3) is 4.23. The van der Waals surface area contributed by atoms with Crippen molar-refractivity contribution in [3.05, 3.63) is 22.2 Å². The lowest BCUT2D eigenvalue weighted by molar-refractivity contribution is -0.140. The van der Waals surface area contributed by atoms with Crippen LogP contribution in [0.3, 0.4) is 0 Å². The van der Waals surface area contributed by atoms with Crippen molar-refractivity contribution in [3.63, 3.8) is 0 Å². The first-order valence-corrected chi connectivity index (χ1v) is 8.12. The Morgan fingerprint density at radius 2 is 1.86 bits per heavy atom. The molecule has 1 rings (SSSR count). The fraction of sp³-hybridized carbons (Fsp3) is 0.417. The largest absolute Gasteiger partial charge is 0.495 e. The molecule has 0 bridgehead atoms. The van der Waals surface area contributed by atoms with Crippen molar-refractivity contribution in [2.45, 2.75) is 24.8 Å². The van der Waals surface area contributed by atoms with Crippen LogP contribution in [-0.4, -0.2) is 32.6 Å². The van der Waals surface area contributed by atoms with Gasteiger partial charge in [0, 0.05) is 6.07 Å². The van der Waals surface area contributed by atoms with Crippen LogP contribution in [0.1, 0.15) is 13.8 Å². The van der Waals surface area contributed by atoms with Gasteiger partial charge in [0.05, 0.1) is 17.2 Å². The zero-order valence-corrected chi connectivity index (χ0v) is 13.9. The maximum Gasteiger partial charge on any atom is 0.322 e. The zero-order valence-electron chi connectivity index (χ0n) is 11.6. The van der Waals surface area contributed by atoms with Gasteiger partial charge >= 0.3 is 5.97 Å². The molecule has 0 aliphatic rings. The Morgan fingerprint density at radius 3 is 2.29 bits per heavy atom. The lowest BCUT2D eigenvalue weighted by atomic mass is 10.1. The number of methoxy groups -OCH3 is 1. The second kappa shape index (κ2) is 6.83. The molecule has 1 unspecified atom stereocenters. The monoisotopic (exact) mass is 355 g/mol. The Labute approximate surface area is 133 Å². The van der Waals surface area contributed by atoms with E-state index < -0.39 is 28.0 Å². The number of ether oxygens (including phenoxy) is 1. The van der Waals surface area contributed by atoms with E-state index in [0.29, 0.717) is 0 Å². The van der Waals surface area contributed by atoms with Crippen LogP contribution in [0.25, 0.3) is 0 Å². The highest BCUT2D eigenvalue weighted by molar-refractivity contribution is 7.89. The number of benzene rings is 1. The molecule has 0 saturated carbocycles. The first kappa shape index (κ1) is 18.0. The molecular weight excluding hydrogens is 341 g/mol. The van der Waals surface area contributed by atoms with E-state index in [1.165, 1.54) is 13.2 Å². The summed E-state index contributed by atoms with van der Waals surface area (Å²) in [5.74, 6) is -1.49. The highest BCUT2D eigenvalue weighted by Gasteiger charge is 2.29. The number of carbonyl (C=O) groups is 1. The second-order valence-electron chi connectivity index (χ2n) is 4.60. The summed E-state index contributed by atoms with van der Waals surface area (Å²) in [4.78, 5) is 10.8. The molecule has 1 atom stereocenters. The fourth-order valence-electron chi connectivity index (χ4n) is 1.57. The van der Waals surface area contributed by atoms with Crippen LogP contribution >= 0.6 is 23.2 Å². The number of aliphatic carboxylic acids is 1. The number of sulfonamides is 1. The zero-order chi connectivity index (χ0) is 16.4. The van der Waals surface area contributed by atoms with Crippen LogP contribution in [0.2, 0.25) is 10.0 Å². The minimum Gasteiger partial charge on any atom is -0.495 e. The van der Waals surface area contributed by atoms with Crippen molar-refractivity contribution in [1.29, 1.82) is 0 Å². The van der Waals surface area contributed by atoms with Gasteiger partial charge in [-0.3, -0.25) is 4.79 Å². The third-order valence-corrected chi connectivity index (χ3v) is 4.91. The van der Waals surface area contributed by atoms with Crippen LogP contribution < -0.4 is 9.46 Å². The molecule has 0 aliphatic carbocycles. The molecule has 0 aliphatic heterocycles. The Hall–Kier alpha value is -1.02. The third-order valence-electron chi connectivity index (χ3n) is 2.71. The molecule has 9 heteroatoms. The van der Waals surface area contributed by atoms with Crippen molar-refractivity contribution < 1.29 is 23.1 Å². The van der Waals surface area contributed by atoms with E-state index in [-0.39, 0.29) is 20.7 Å². The first-order chi connectivity index (χ1) is 9.60. The number of rotatable bonds is 6. The van der Waals surface area contributed by atoms with Gasteiger partial charge in [-0.05, 0) is 12.0 Å². The molecule has 118 valence electrons. The molecule has 21 heavy (non-hydrogen) atoms. The van der Waals surface area contributed by atoms with Gasteiger partial charge in [0.1, 0.15) is 16.7 Å². The number of carboxylic acids is 1. The maximum atomic E-state index is 12.3. The van der Waals surface area contributed by atoms with Gasteiger partial charge in [-0.15, -0.1) is 0 Å². The van der Waals surface area contributed by atoms with Gasteiger partial charge in [0.15, 0.2) is 0 Å². The Morgan fingerprint density at radius 1 is 1.29 bits per heavy atom. The summed E-state index contributed by atoms with van der Waals surface area (Å²) in [5, 5.41) is 8.99. The maximum absolute atomic E-state index is 12.3. The van der Waals surface area contributed by atoms with Gasteiger partial charge < -0.3 is 9.84 Å². The first-order valence-electron chi connectivity index (χ1n) is 5.88. The molecule has 0 aromatic heterocycles. The van der Waals surface area contributed by atoms with E-state index in [1.54, 1.807) is 13.8 Å². The Balaban J connectivity index is 3.25. The second-order valence-corrected chi connectivity index (χ2v) is 7.10. The Kier molecular flexibility index (Phi) is 5.86. The van der Waals surface area contributed by atoms with Gasteiger partial charge in [-0.25, -0.2) is 8.42 Å². The molecule has 1 aromatic carbocycles. The highest BCUT2D eigenvalue weighted by Crippen LogP contribution is 2.33. The highest BCUT2D eigenvalue weighted by atomic mass is 35.5. The van der Waals surface area contributed by atoms with Gasteiger partial charge in [0.25, 0.3) is 0 Å². The van der Waals surface area contributed by atoms with Crippen LogP contribution in [0.5, 0.6) is 5.75 Å². The van der Waals surface area contributed by atoms with Crippen molar-refractivity contribution in [2.24, 2.45) is 5.92 Å². The standard InChI is InChI=1S/C12H15Cl2NO5S/c1-6(2)11(12(16)17)15-21(18,19)10-5-7(13)9(20-3)4-8(10)14/h4-6,11,15H,1-3H3,(H,16,17). The molecule has 0 saturated heterocycles. The summed E-state index contributed by atoms with van der Waals surface area (Å²) in [7, 11) is -2.77. The number of nitrogens with one attached hydrogen (secondary N) is 1. The Bertz CT molecular complexity index is 645. The minimum atomic E-state index is -4.13. The summed E-state index contributed by atoms with van der Waals surface area (Å²) in [6.45, 7) is 3.17. The summed E-state index contributed by atoms with van der Waals surface area (Å²) in [6.07, 6.45) is 0. The molecule has 6 nitrogen and oxygen atoms in total. The average Bonchev–Trinajstić information content (AvgIpc) is 2.37. The summed E-state index contributed by atoms with van der Waals surface area (Å²) in [6, 6.07) is 1.10. The predicted octanol–water partition coefficient (Wildman–Crippen LogP) is 2.39. The normalized spacial score (nSPS) is 13.2. The number of hydrogen-bond donors (Lipinski definition) is 2. The van der Waals surface area contributed by atoms with Gasteiger partial charge in [-0.1, -0.05) is 37.0 Å². The summed E-state index contributed by atoms with van der Waals surface area (Å²) in [5.41, 5.74) is 0. The van der Waals surface area contributed by atoms with E-state index in [1.807, 2.05) is 0 Å². The number of carboxylic acid groups (broad SMARTS) is 1. The topological polar surface area (TPSA) is 92.7 Å². The molecule has 0 spiro atoms. The van der Waals surface area contributed by atoms with Crippen molar-refractivity contribution in [1.82, 2.24) is 4.72 Å². The molecule has 0 amide bonds. The van der Waals surface area contributed by atoms with Crippen molar-refractivity contribution in [2.75, 3.05) is 7.11 Å². The van der Waals surface area contributed by atoms with Crippen LogP contribution in [0, 0.1) is 5.92 Å². The van der Waals surface area contributed by atoms with Gasteiger partial charge in [-0.2, -0.15) is 4.72 Å². The molecule has 0 fully saturated rings. The summed E-state index contributed by atoms with van der Waals surface area (Å²) >= 11 is 11.8. The smallest absolute Gasteiger partial charge is 0.322 e. The SMILES string of the molecule is COc1cc(Cl)c(S(=O)(=O)NC(C(=O)O)C(C)C)cc1Cl. The van der Waals surface area contributed by atoms with E-state index in [2.05, 4.69) is 4.72 Å². The number of halogens is 2. The van der Waals surface area contributed by atoms with E-state index in [9.17, 15) is 13.2 Å². The van der Waals surface area contributed by atoms with Crippen LogP contribution in [-0.2, 0) is 14.8 Å². The van der Waals surface area contributed by atoms with Crippen molar-refractivity contribution in [3.8, 4) is 5.75 Å². The molecule has 1 aromatic rings. The molecule has 0 heterocycles. The minimum absolute atomic E-state index is 0.0543. The lowest BCUT2D eigenvalue weighted by Gasteiger charge is -2.18. The lowest BCUT2D eigenvalue weighted by Crippen LogP contribution is -2.44. The molecule has 0 radical (unpaired) electrons. The molecule has 2 N–H and O–H groups in total. The predicted molar refractivity (Wildman–Crippen MR) is 79.6 cm³/mol. The van der Waals surface area contributed by atoms with E-state index >= 15 is 0 Å². The van der Waals surface area contributed by atoms with E-state index in [4.69, 9.17) is 33.0 Å². The van der Waals surface area contributed by atoms with Crippen LogP contribution in [0.4, 0.5) is 0 Å². The fourth-order valence-corrected chi connectivity index (χ4v) is 3.76. The van der Waals surface area contributed by atoms with Crippen LogP contribution in [0.15, 0.2) is 17.0 Å². The summed E-state index contributed by atoms with van der Waals surface area (Å²) < 4.78 is 31.6. The van der Waals surface area contributed by atoms with Crippen molar-refractivity contribution >= 4 is 39.2 Å². The van der Waals surface area contributed by atoms with Gasteiger partial charge in [0.2, 0.25) is 10.0 Å².